The standard InChI is InChI=1S/C49H88NO7P/c1-3-5-7-9-11-13-15-17-19-21-22-23-24-25-26-27-28-30-32-34-36-38-40-42-49(51)57-48(47-56-58(52,53)55-45-43-50)46-54-44-41-39-37-35-33-31-29-20-18-16-14-12-10-8-6-4-2/h6,8,12,14-15,17-18,20-22,31,33,48H,3-5,7,9-11,13,16,19,23-30,32,34-47,50H2,1-2H3,(H,52,53)/b8-6-,14-12-,17-15-,20-18-,22-21-,33-31-. The summed E-state index contributed by atoms with van der Waals surface area (Å²) in [6, 6.07) is 0. The molecule has 2 atom stereocenters. The van der Waals surface area contributed by atoms with E-state index < -0.39 is 13.9 Å². The zero-order chi connectivity index (χ0) is 42.3. The summed E-state index contributed by atoms with van der Waals surface area (Å²) >= 11 is 0. The van der Waals surface area contributed by atoms with Gasteiger partial charge in [0.1, 0.15) is 6.10 Å². The van der Waals surface area contributed by atoms with Gasteiger partial charge in [0.05, 0.1) is 19.8 Å². The summed E-state index contributed by atoms with van der Waals surface area (Å²) in [5.41, 5.74) is 5.37. The molecule has 2 unspecified atom stereocenters. The quantitative estimate of drug-likeness (QED) is 0.0270. The van der Waals surface area contributed by atoms with E-state index in [4.69, 9.17) is 24.3 Å². The highest BCUT2D eigenvalue weighted by Gasteiger charge is 2.25. The van der Waals surface area contributed by atoms with Gasteiger partial charge in [0.15, 0.2) is 0 Å². The first-order valence-electron chi connectivity index (χ1n) is 23.4. The van der Waals surface area contributed by atoms with Crippen LogP contribution in [-0.2, 0) is 27.9 Å². The summed E-state index contributed by atoms with van der Waals surface area (Å²) in [4.78, 5) is 22.5. The van der Waals surface area contributed by atoms with Crippen LogP contribution in [0.1, 0.15) is 194 Å². The fourth-order valence-electron chi connectivity index (χ4n) is 6.19. The number of phosphoric ester groups is 1. The molecular weight excluding hydrogens is 746 g/mol. The van der Waals surface area contributed by atoms with Crippen LogP contribution in [0, 0.1) is 0 Å². The van der Waals surface area contributed by atoms with Gasteiger partial charge >= 0.3 is 13.8 Å². The van der Waals surface area contributed by atoms with E-state index in [1.54, 1.807) is 0 Å². The molecule has 8 nitrogen and oxygen atoms in total. The molecule has 58 heavy (non-hydrogen) atoms. The molecule has 3 N–H and O–H groups in total. The summed E-state index contributed by atoms with van der Waals surface area (Å²) in [6.07, 6.45) is 57.9. The zero-order valence-electron chi connectivity index (χ0n) is 37.3. The van der Waals surface area contributed by atoms with Crippen LogP contribution < -0.4 is 5.73 Å². The third-order valence-corrected chi connectivity index (χ3v) is 10.6. The van der Waals surface area contributed by atoms with Gasteiger partial charge in [-0.15, -0.1) is 0 Å². The van der Waals surface area contributed by atoms with Crippen LogP contribution in [0.25, 0.3) is 0 Å². The van der Waals surface area contributed by atoms with Gasteiger partial charge in [-0.1, -0.05) is 177 Å². The van der Waals surface area contributed by atoms with Crippen LogP contribution in [0.5, 0.6) is 0 Å². The number of carbonyl (C=O) groups excluding carboxylic acids is 1. The largest absolute Gasteiger partial charge is 0.472 e. The number of unbranched alkanes of at least 4 members (excludes halogenated alkanes) is 19. The minimum absolute atomic E-state index is 0.0910. The minimum Gasteiger partial charge on any atom is -0.457 e. The first-order valence-corrected chi connectivity index (χ1v) is 24.9. The Bertz CT molecular complexity index is 1120. The average Bonchev–Trinajstić information content (AvgIpc) is 3.21. The lowest BCUT2D eigenvalue weighted by atomic mass is 10.0. The second-order valence-electron chi connectivity index (χ2n) is 15.2. The lowest BCUT2D eigenvalue weighted by Crippen LogP contribution is -2.28. The van der Waals surface area contributed by atoms with Gasteiger partial charge in [-0.05, 0) is 83.5 Å². The molecule has 0 aliphatic heterocycles. The predicted octanol–water partition coefficient (Wildman–Crippen LogP) is 14.3. The number of hydrogen-bond acceptors (Lipinski definition) is 7. The Labute approximate surface area is 356 Å². The topological polar surface area (TPSA) is 117 Å². The molecule has 0 fully saturated rings. The predicted molar refractivity (Wildman–Crippen MR) is 247 cm³/mol. The summed E-state index contributed by atoms with van der Waals surface area (Å²) < 4.78 is 33.4. The number of nitrogens with two attached hydrogens (primary N) is 1. The number of esters is 1. The molecule has 0 bridgehead atoms. The van der Waals surface area contributed by atoms with Crippen molar-refractivity contribution in [3.05, 3.63) is 72.9 Å². The van der Waals surface area contributed by atoms with E-state index >= 15 is 0 Å². The first kappa shape index (κ1) is 55.9. The third-order valence-electron chi connectivity index (χ3n) is 9.61. The molecule has 9 heteroatoms. The molecule has 0 saturated carbocycles. The van der Waals surface area contributed by atoms with Gasteiger partial charge in [-0.3, -0.25) is 13.8 Å². The lowest BCUT2D eigenvalue weighted by molar-refractivity contribution is -0.154. The molecule has 0 aromatic heterocycles. The van der Waals surface area contributed by atoms with Gasteiger partial charge in [0.25, 0.3) is 0 Å². The Balaban J connectivity index is 4.02. The molecular formula is C49H88NO7P. The van der Waals surface area contributed by atoms with Crippen molar-refractivity contribution in [3.8, 4) is 0 Å². The Kier molecular flexibility index (Phi) is 44.4. The van der Waals surface area contributed by atoms with Crippen LogP contribution >= 0.6 is 7.82 Å². The van der Waals surface area contributed by atoms with Crippen LogP contribution in [0.2, 0.25) is 0 Å². The van der Waals surface area contributed by atoms with Crippen LogP contribution in [0.15, 0.2) is 72.9 Å². The number of carbonyl (C=O) groups is 1. The molecule has 0 amide bonds. The smallest absolute Gasteiger partial charge is 0.457 e. The fraction of sp³-hybridized carbons (Fsp3) is 0.735. The Morgan fingerprint density at radius 3 is 1.45 bits per heavy atom. The van der Waals surface area contributed by atoms with Gasteiger partial charge in [-0.25, -0.2) is 4.57 Å². The molecule has 0 aromatic carbocycles. The normalized spacial score (nSPS) is 14.1. The lowest BCUT2D eigenvalue weighted by Gasteiger charge is -2.20. The molecule has 0 rings (SSSR count). The number of ether oxygens (including phenoxy) is 2. The molecule has 0 aliphatic carbocycles. The van der Waals surface area contributed by atoms with Crippen LogP contribution in [0.4, 0.5) is 0 Å². The van der Waals surface area contributed by atoms with E-state index in [1.807, 2.05) is 0 Å². The molecule has 0 radical (unpaired) electrons. The Morgan fingerprint density at radius 1 is 0.534 bits per heavy atom. The average molecular weight is 834 g/mol. The van der Waals surface area contributed by atoms with E-state index in [0.717, 1.165) is 77.0 Å². The summed E-state index contributed by atoms with van der Waals surface area (Å²) in [5, 5.41) is 0. The van der Waals surface area contributed by atoms with Crippen molar-refractivity contribution in [2.24, 2.45) is 5.73 Å². The van der Waals surface area contributed by atoms with Gasteiger partial charge in [0.2, 0.25) is 0 Å². The van der Waals surface area contributed by atoms with Crippen molar-refractivity contribution in [1.29, 1.82) is 0 Å². The highest BCUT2D eigenvalue weighted by Crippen LogP contribution is 2.43. The monoisotopic (exact) mass is 834 g/mol. The third kappa shape index (κ3) is 45.0. The van der Waals surface area contributed by atoms with Crippen molar-refractivity contribution in [1.82, 2.24) is 0 Å². The number of allylic oxidation sites excluding steroid dienone is 12. The van der Waals surface area contributed by atoms with Crippen LogP contribution in [-0.4, -0.2) is 49.9 Å². The zero-order valence-corrected chi connectivity index (χ0v) is 38.2. The molecule has 0 spiro atoms. The maximum Gasteiger partial charge on any atom is 0.472 e. The van der Waals surface area contributed by atoms with Crippen molar-refractivity contribution in [2.45, 2.75) is 200 Å². The maximum absolute atomic E-state index is 12.6. The Hall–Kier alpha value is -2.06. The van der Waals surface area contributed by atoms with Crippen molar-refractivity contribution in [2.75, 3.05) is 33.0 Å². The minimum atomic E-state index is -4.29. The molecule has 0 aromatic rings. The highest BCUT2D eigenvalue weighted by molar-refractivity contribution is 7.47. The maximum atomic E-state index is 12.6. The van der Waals surface area contributed by atoms with Crippen molar-refractivity contribution in [3.63, 3.8) is 0 Å². The summed E-state index contributed by atoms with van der Waals surface area (Å²) in [6.45, 7) is 4.71. The van der Waals surface area contributed by atoms with Crippen LogP contribution in [0.3, 0.4) is 0 Å². The number of hydrogen-bond donors (Lipinski definition) is 2. The van der Waals surface area contributed by atoms with Gasteiger partial charge < -0.3 is 20.1 Å². The van der Waals surface area contributed by atoms with Crippen molar-refractivity contribution < 1.29 is 32.8 Å². The van der Waals surface area contributed by atoms with E-state index in [2.05, 4.69) is 86.8 Å². The Morgan fingerprint density at radius 2 is 0.966 bits per heavy atom. The van der Waals surface area contributed by atoms with E-state index in [9.17, 15) is 14.3 Å². The first-order chi connectivity index (χ1) is 28.4. The molecule has 0 heterocycles. The number of rotatable bonds is 44. The summed E-state index contributed by atoms with van der Waals surface area (Å²) in [7, 11) is -4.29. The molecule has 0 aliphatic rings. The van der Waals surface area contributed by atoms with Gasteiger partial charge in [-0.2, -0.15) is 0 Å². The SMILES string of the molecule is CC/C=C\C/C=C\C/C=C\C/C=C\CCCCCOCC(COP(=O)(O)OCCN)OC(=O)CCCCCCCCCCCCC/C=C\C/C=C\CCCCCCC. The second kappa shape index (κ2) is 46.0. The highest BCUT2D eigenvalue weighted by atomic mass is 31.2. The molecule has 0 saturated heterocycles. The van der Waals surface area contributed by atoms with E-state index in [1.165, 1.54) is 96.3 Å². The second-order valence-corrected chi connectivity index (χ2v) is 16.7. The fourth-order valence-corrected chi connectivity index (χ4v) is 6.96. The van der Waals surface area contributed by atoms with Gasteiger partial charge in [0, 0.05) is 19.6 Å². The van der Waals surface area contributed by atoms with Crippen molar-refractivity contribution >= 4 is 13.8 Å². The number of phosphoric acid groups is 1. The summed E-state index contributed by atoms with van der Waals surface area (Å²) in [5.74, 6) is -0.346. The van der Waals surface area contributed by atoms with E-state index in [-0.39, 0.29) is 32.3 Å². The van der Waals surface area contributed by atoms with E-state index in [0.29, 0.717) is 13.0 Å². The molecule has 336 valence electrons.